The Hall–Kier alpha value is -0.840. The quantitative estimate of drug-likeness (QED) is 0.456. The van der Waals surface area contributed by atoms with Crippen LogP contribution >= 0.6 is 12.2 Å². The molecule has 0 aliphatic heterocycles. The van der Waals surface area contributed by atoms with Crippen molar-refractivity contribution in [2.24, 2.45) is 11.8 Å². The van der Waals surface area contributed by atoms with Crippen LogP contribution in [0.25, 0.3) is 0 Å². The summed E-state index contributed by atoms with van der Waals surface area (Å²) in [6.45, 7) is 1.45. The van der Waals surface area contributed by atoms with E-state index in [-0.39, 0.29) is 5.91 Å². The van der Waals surface area contributed by atoms with Crippen molar-refractivity contribution in [2.45, 2.75) is 38.6 Å². The summed E-state index contributed by atoms with van der Waals surface area (Å²) in [6.07, 6.45) is 5.28. The van der Waals surface area contributed by atoms with Gasteiger partial charge in [-0.05, 0) is 43.3 Å². The van der Waals surface area contributed by atoms with Crippen LogP contribution in [0.15, 0.2) is 0 Å². The molecule has 2 saturated carbocycles. The minimum absolute atomic E-state index is 0.132. The molecule has 0 aromatic rings. The van der Waals surface area contributed by atoms with Crippen molar-refractivity contribution >= 4 is 23.2 Å². The van der Waals surface area contributed by atoms with Crippen molar-refractivity contribution in [2.75, 3.05) is 0 Å². The van der Waals surface area contributed by atoms with Crippen LogP contribution in [0, 0.1) is 11.8 Å². The highest BCUT2D eigenvalue weighted by Gasteiger charge is 2.39. The molecule has 2 aliphatic rings. The first-order valence-electron chi connectivity index (χ1n) is 5.48. The van der Waals surface area contributed by atoms with E-state index in [0.717, 1.165) is 11.8 Å². The first-order chi connectivity index (χ1) is 7.15. The van der Waals surface area contributed by atoms with E-state index in [1.54, 1.807) is 0 Å². The second-order valence-electron chi connectivity index (χ2n) is 4.56. The number of rotatable bonds is 1. The first kappa shape index (κ1) is 10.7. The van der Waals surface area contributed by atoms with Crippen molar-refractivity contribution in [3.63, 3.8) is 0 Å². The largest absolute Gasteiger partial charge is 0.358 e. The van der Waals surface area contributed by atoms with Gasteiger partial charge in [0.2, 0.25) is 5.91 Å². The molecule has 0 heterocycles. The highest BCUT2D eigenvalue weighted by molar-refractivity contribution is 7.80. The SMILES string of the molecule is CC(=O)NNC(=S)N[C@@H]1C[C@@H]2CC[C@@H]1C2. The number of thiocarbonyl (C=S) groups is 1. The maximum absolute atomic E-state index is 10.7. The van der Waals surface area contributed by atoms with Crippen molar-refractivity contribution in [1.82, 2.24) is 16.2 Å². The van der Waals surface area contributed by atoms with E-state index in [2.05, 4.69) is 16.2 Å². The van der Waals surface area contributed by atoms with Crippen LogP contribution in [0.5, 0.6) is 0 Å². The number of fused-ring (bicyclic) bond motifs is 2. The molecule has 1 amide bonds. The highest BCUT2D eigenvalue weighted by atomic mass is 32.1. The van der Waals surface area contributed by atoms with Gasteiger partial charge in [0.1, 0.15) is 0 Å². The van der Waals surface area contributed by atoms with E-state index in [0.29, 0.717) is 11.2 Å². The highest BCUT2D eigenvalue weighted by Crippen LogP contribution is 2.44. The van der Waals surface area contributed by atoms with Gasteiger partial charge < -0.3 is 5.32 Å². The molecule has 2 fully saturated rings. The summed E-state index contributed by atoms with van der Waals surface area (Å²) < 4.78 is 0. The third-order valence-corrected chi connectivity index (χ3v) is 3.63. The number of hydrogen-bond acceptors (Lipinski definition) is 2. The van der Waals surface area contributed by atoms with Gasteiger partial charge in [-0.25, -0.2) is 0 Å². The van der Waals surface area contributed by atoms with E-state index in [1.165, 1.54) is 32.6 Å². The zero-order chi connectivity index (χ0) is 10.8. The molecule has 2 aliphatic carbocycles. The standard InChI is InChI=1S/C10H17N3OS/c1-6(14)12-13-10(15)11-9-5-7-2-3-8(9)4-7/h7-9H,2-5H2,1H3,(H,12,14)(H2,11,13,15)/t7-,8-,9-/m1/s1. The number of nitrogens with one attached hydrogen (secondary N) is 3. The Bertz CT molecular complexity index is 282. The molecule has 2 bridgehead atoms. The molecule has 84 valence electrons. The van der Waals surface area contributed by atoms with Gasteiger partial charge in [-0.15, -0.1) is 0 Å². The summed E-state index contributed by atoms with van der Waals surface area (Å²) in [5, 5.41) is 3.80. The predicted octanol–water partition coefficient (Wildman–Crippen LogP) is 0.690. The third-order valence-electron chi connectivity index (χ3n) is 3.41. The lowest BCUT2D eigenvalue weighted by molar-refractivity contribution is -0.119. The lowest BCUT2D eigenvalue weighted by atomic mass is 9.96. The van der Waals surface area contributed by atoms with Crippen LogP contribution in [-0.4, -0.2) is 17.1 Å². The summed E-state index contributed by atoms with van der Waals surface area (Å²) >= 11 is 5.09. The average Bonchev–Trinajstić information content (AvgIpc) is 2.76. The van der Waals surface area contributed by atoms with Crippen LogP contribution < -0.4 is 16.2 Å². The van der Waals surface area contributed by atoms with Gasteiger partial charge in [-0.3, -0.25) is 15.6 Å². The van der Waals surface area contributed by atoms with Gasteiger partial charge in [0.05, 0.1) is 0 Å². The van der Waals surface area contributed by atoms with Gasteiger partial charge >= 0.3 is 0 Å². The summed E-state index contributed by atoms with van der Waals surface area (Å²) in [5.74, 6) is 1.55. The maximum Gasteiger partial charge on any atom is 0.235 e. The molecule has 4 nitrogen and oxygen atoms in total. The number of hydrazine groups is 1. The minimum atomic E-state index is -0.132. The molecule has 0 saturated heterocycles. The Labute approximate surface area is 95.2 Å². The van der Waals surface area contributed by atoms with Crippen LogP contribution in [-0.2, 0) is 4.79 Å². The van der Waals surface area contributed by atoms with E-state index < -0.39 is 0 Å². The Balaban J connectivity index is 1.73. The number of carbonyl (C=O) groups is 1. The van der Waals surface area contributed by atoms with Crippen molar-refractivity contribution < 1.29 is 4.79 Å². The molecule has 3 N–H and O–H groups in total. The summed E-state index contributed by atoms with van der Waals surface area (Å²) in [5.41, 5.74) is 5.16. The second kappa shape index (κ2) is 4.35. The number of amides is 1. The van der Waals surface area contributed by atoms with Crippen LogP contribution in [0.1, 0.15) is 32.6 Å². The topological polar surface area (TPSA) is 53.2 Å². The molecule has 0 aromatic carbocycles. The van der Waals surface area contributed by atoms with Crippen molar-refractivity contribution in [1.29, 1.82) is 0 Å². The monoisotopic (exact) mass is 227 g/mol. The molecule has 2 rings (SSSR count). The summed E-state index contributed by atoms with van der Waals surface area (Å²) in [6, 6.07) is 0.512. The zero-order valence-electron chi connectivity index (χ0n) is 8.88. The Kier molecular flexibility index (Phi) is 3.09. The second-order valence-corrected chi connectivity index (χ2v) is 4.97. The lowest BCUT2D eigenvalue weighted by Gasteiger charge is -2.24. The Morgan fingerprint density at radius 1 is 1.27 bits per heavy atom. The van der Waals surface area contributed by atoms with Gasteiger partial charge in [0, 0.05) is 13.0 Å². The molecule has 0 aromatic heterocycles. The average molecular weight is 227 g/mol. The van der Waals surface area contributed by atoms with Crippen molar-refractivity contribution in [3.05, 3.63) is 0 Å². The summed E-state index contributed by atoms with van der Waals surface area (Å²) in [4.78, 5) is 10.7. The van der Waals surface area contributed by atoms with E-state index in [9.17, 15) is 4.79 Å². The molecule has 0 spiro atoms. The molecule has 15 heavy (non-hydrogen) atoms. The van der Waals surface area contributed by atoms with Gasteiger partial charge in [-0.1, -0.05) is 6.42 Å². The Morgan fingerprint density at radius 2 is 2.07 bits per heavy atom. The first-order valence-corrected chi connectivity index (χ1v) is 5.89. The molecule has 0 radical (unpaired) electrons. The normalized spacial score (nSPS) is 32.5. The van der Waals surface area contributed by atoms with Gasteiger partial charge in [0.15, 0.2) is 5.11 Å². The van der Waals surface area contributed by atoms with Crippen LogP contribution in [0.3, 0.4) is 0 Å². The molecule has 0 unspecified atom stereocenters. The fraction of sp³-hybridized carbons (Fsp3) is 0.800. The van der Waals surface area contributed by atoms with E-state index >= 15 is 0 Å². The fourth-order valence-corrected chi connectivity index (χ4v) is 2.97. The van der Waals surface area contributed by atoms with Crippen LogP contribution in [0.2, 0.25) is 0 Å². The zero-order valence-corrected chi connectivity index (χ0v) is 9.69. The van der Waals surface area contributed by atoms with Gasteiger partial charge in [-0.2, -0.15) is 0 Å². The lowest BCUT2D eigenvalue weighted by Crippen LogP contribution is -2.50. The molecular weight excluding hydrogens is 210 g/mol. The number of hydrogen-bond donors (Lipinski definition) is 3. The molecular formula is C10H17N3OS. The van der Waals surface area contributed by atoms with E-state index in [4.69, 9.17) is 12.2 Å². The van der Waals surface area contributed by atoms with Crippen LogP contribution in [0.4, 0.5) is 0 Å². The van der Waals surface area contributed by atoms with Crippen molar-refractivity contribution in [3.8, 4) is 0 Å². The molecule has 3 atom stereocenters. The Morgan fingerprint density at radius 3 is 2.60 bits per heavy atom. The van der Waals surface area contributed by atoms with E-state index in [1.807, 2.05) is 0 Å². The summed E-state index contributed by atoms with van der Waals surface area (Å²) in [7, 11) is 0. The maximum atomic E-state index is 10.7. The minimum Gasteiger partial charge on any atom is -0.358 e. The predicted molar refractivity (Wildman–Crippen MR) is 61.9 cm³/mol. The third kappa shape index (κ3) is 2.59. The fourth-order valence-electron chi connectivity index (χ4n) is 2.77. The number of carbonyl (C=O) groups excluding carboxylic acids is 1. The molecule has 5 heteroatoms. The van der Waals surface area contributed by atoms with Gasteiger partial charge in [0.25, 0.3) is 0 Å². The smallest absolute Gasteiger partial charge is 0.235 e.